The van der Waals surface area contributed by atoms with Crippen molar-refractivity contribution in [2.24, 2.45) is 0 Å². The summed E-state index contributed by atoms with van der Waals surface area (Å²) in [7, 11) is 0. The first kappa shape index (κ1) is 17.1. The standard InChI is InChI=1S/C16H28N2O2/c1-6-19-11-13(2)20-12-15-8-7-14(9-17-15)10-18-16(3,4)5/h7-9,13,18H,6,10-12H2,1-5H3. The average Bonchev–Trinajstić information content (AvgIpc) is 2.41. The largest absolute Gasteiger partial charge is 0.379 e. The molecule has 20 heavy (non-hydrogen) atoms. The highest BCUT2D eigenvalue weighted by Gasteiger charge is 2.08. The Morgan fingerprint density at radius 3 is 2.60 bits per heavy atom. The Bertz CT molecular complexity index is 371. The van der Waals surface area contributed by atoms with Gasteiger partial charge in [-0.25, -0.2) is 0 Å². The molecule has 0 aliphatic rings. The molecule has 0 saturated heterocycles. The van der Waals surface area contributed by atoms with Gasteiger partial charge >= 0.3 is 0 Å². The monoisotopic (exact) mass is 280 g/mol. The Balaban J connectivity index is 2.35. The van der Waals surface area contributed by atoms with Crippen molar-refractivity contribution in [2.75, 3.05) is 13.2 Å². The molecule has 0 aromatic carbocycles. The predicted molar refractivity (Wildman–Crippen MR) is 81.6 cm³/mol. The lowest BCUT2D eigenvalue weighted by molar-refractivity contribution is -0.0127. The lowest BCUT2D eigenvalue weighted by Gasteiger charge is -2.20. The molecule has 4 heteroatoms. The fourth-order valence-corrected chi connectivity index (χ4v) is 1.57. The van der Waals surface area contributed by atoms with E-state index in [0.29, 0.717) is 13.2 Å². The molecule has 0 aliphatic carbocycles. The molecule has 114 valence electrons. The maximum absolute atomic E-state index is 5.68. The summed E-state index contributed by atoms with van der Waals surface area (Å²) in [4.78, 5) is 4.43. The highest BCUT2D eigenvalue weighted by Crippen LogP contribution is 2.06. The van der Waals surface area contributed by atoms with Gasteiger partial charge in [0.2, 0.25) is 0 Å². The molecule has 0 aliphatic heterocycles. The minimum absolute atomic E-state index is 0.0963. The number of nitrogens with zero attached hydrogens (tertiary/aromatic N) is 1. The van der Waals surface area contributed by atoms with Crippen LogP contribution in [0.2, 0.25) is 0 Å². The van der Waals surface area contributed by atoms with E-state index in [1.165, 1.54) is 5.56 Å². The molecule has 0 amide bonds. The van der Waals surface area contributed by atoms with E-state index in [1.807, 2.05) is 26.1 Å². The summed E-state index contributed by atoms with van der Waals surface area (Å²) < 4.78 is 11.0. The third kappa shape index (κ3) is 7.58. The van der Waals surface area contributed by atoms with E-state index in [2.05, 4.69) is 37.1 Å². The van der Waals surface area contributed by atoms with Crippen molar-refractivity contribution in [3.8, 4) is 0 Å². The van der Waals surface area contributed by atoms with Gasteiger partial charge in [-0.15, -0.1) is 0 Å². The van der Waals surface area contributed by atoms with Crippen molar-refractivity contribution >= 4 is 0 Å². The number of hydrogen-bond acceptors (Lipinski definition) is 4. The van der Waals surface area contributed by atoms with Gasteiger partial charge in [0.1, 0.15) is 0 Å². The molecule has 0 spiro atoms. The van der Waals surface area contributed by atoms with E-state index in [4.69, 9.17) is 9.47 Å². The number of hydrogen-bond donors (Lipinski definition) is 1. The van der Waals surface area contributed by atoms with Crippen LogP contribution in [0.1, 0.15) is 45.9 Å². The van der Waals surface area contributed by atoms with Crippen LogP contribution in [-0.2, 0) is 22.6 Å². The highest BCUT2D eigenvalue weighted by atomic mass is 16.5. The number of aromatic nitrogens is 1. The quantitative estimate of drug-likeness (QED) is 0.795. The second-order valence-corrected chi connectivity index (χ2v) is 6.04. The van der Waals surface area contributed by atoms with E-state index in [-0.39, 0.29) is 11.6 Å². The van der Waals surface area contributed by atoms with E-state index < -0.39 is 0 Å². The van der Waals surface area contributed by atoms with Crippen molar-refractivity contribution in [1.82, 2.24) is 10.3 Å². The van der Waals surface area contributed by atoms with E-state index in [0.717, 1.165) is 18.8 Å². The van der Waals surface area contributed by atoms with Gasteiger partial charge in [0.05, 0.1) is 25.0 Å². The van der Waals surface area contributed by atoms with Gasteiger partial charge in [-0.2, -0.15) is 0 Å². The molecule has 0 fully saturated rings. The molecular formula is C16H28N2O2. The third-order valence-electron chi connectivity index (χ3n) is 2.78. The summed E-state index contributed by atoms with van der Waals surface area (Å²) in [5, 5.41) is 3.44. The number of ether oxygens (including phenoxy) is 2. The third-order valence-corrected chi connectivity index (χ3v) is 2.78. The summed E-state index contributed by atoms with van der Waals surface area (Å²) in [6.45, 7) is 13.2. The zero-order chi connectivity index (χ0) is 15.0. The first-order valence-corrected chi connectivity index (χ1v) is 7.29. The maximum Gasteiger partial charge on any atom is 0.0892 e. The van der Waals surface area contributed by atoms with Gasteiger partial charge in [0.25, 0.3) is 0 Å². The maximum atomic E-state index is 5.68. The van der Waals surface area contributed by atoms with Gasteiger partial charge < -0.3 is 14.8 Å². The summed E-state index contributed by atoms with van der Waals surface area (Å²) >= 11 is 0. The lowest BCUT2D eigenvalue weighted by atomic mass is 10.1. The van der Waals surface area contributed by atoms with E-state index >= 15 is 0 Å². The SMILES string of the molecule is CCOCC(C)OCc1ccc(CNC(C)(C)C)cn1. The minimum Gasteiger partial charge on any atom is -0.379 e. The van der Waals surface area contributed by atoms with Crippen LogP contribution in [0.15, 0.2) is 18.3 Å². The van der Waals surface area contributed by atoms with Gasteiger partial charge in [-0.3, -0.25) is 4.98 Å². The molecule has 0 saturated carbocycles. The zero-order valence-electron chi connectivity index (χ0n) is 13.4. The first-order chi connectivity index (χ1) is 9.40. The Morgan fingerprint density at radius 2 is 2.05 bits per heavy atom. The normalized spacial score (nSPS) is 13.4. The molecular weight excluding hydrogens is 252 g/mol. The highest BCUT2D eigenvalue weighted by molar-refractivity contribution is 5.13. The minimum atomic E-state index is 0.0963. The van der Waals surface area contributed by atoms with Crippen molar-refractivity contribution in [3.05, 3.63) is 29.6 Å². The number of nitrogens with one attached hydrogen (secondary N) is 1. The predicted octanol–water partition coefficient (Wildman–Crippen LogP) is 2.91. The molecule has 4 nitrogen and oxygen atoms in total. The average molecular weight is 280 g/mol. The van der Waals surface area contributed by atoms with Crippen molar-refractivity contribution in [1.29, 1.82) is 0 Å². The fourth-order valence-electron chi connectivity index (χ4n) is 1.57. The van der Waals surface area contributed by atoms with Crippen LogP contribution in [0.3, 0.4) is 0 Å². The Morgan fingerprint density at radius 1 is 1.30 bits per heavy atom. The molecule has 1 atom stereocenters. The van der Waals surface area contributed by atoms with Crippen molar-refractivity contribution in [2.45, 2.75) is 59.4 Å². The Kier molecular flexibility index (Phi) is 7.13. The second kappa shape index (κ2) is 8.35. The molecule has 1 N–H and O–H groups in total. The Labute approximate surface area is 122 Å². The van der Waals surface area contributed by atoms with E-state index in [1.54, 1.807) is 0 Å². The van der Waals surface area contributed by atoms with Crippen LogP contribution in [0.25, 0.3) is 0 Å². The smallest absolute Gasteiger partial charge is 0.0892 e. The van der Waals surface area contributed by atoms with Gasteiger partial charge in [-0.05, 0) is 46.2 Å². The molecule has 1 unspecified atom stereocenters. The summed E-state index contributed by atoms with van der Waals surface area (Å²) in [6, 6.07) is 4.12. The molecule has 0 bridgehead atoms. The zero-order valence-corrected chi connectivity index (χ0v) is 13.4. The second-order valence-electron chi connectivity index (χ2n) is 6.04. The van der Waals surface area contributed by atoms with Gasteiger partial charge in [-0.1, -0.05) is 6.07 Å². The van der Waals surface area contributed by atoms with Gasteiger partial charge in [0, 0.05) is 24.9 Å². The topological polar surface area (TPSA) is 43.4 Å². The molecule has 1 aromatic rings. The number of rotatable bonds is 8. The summed E-state index contributed by atoms with van der Waals surface area (Å²) in [5.41, 5.74) is 2.26. The van der Waals surface area contributed by atoms with Crippen LogP contribution in [0.4, 0.5) is 0 Å². The summed E-state index contributed by atoms with van der Waals surface area (Å²) in [5.74, 6) is 0. The molecule has 1 heterocycles. The lowest BCUT2D eigenvalue weighted by Crippen LogP contribution is -2.35. The number of pyridine rings is 1. The first-order valence-electron chi connectivity index (χ1n) is 7.29. The van der Waals surface area contributed by atoms with Crippen LogP contribution in [0, 0.1) is 0 Å². The molecule has 0 radical (unpaired) electrons. The Hall–Kier alpha value is -0.970. The molecule has 1 aromatic heterocycles. The van der Waals surface area contributed by atoms with Crippen LogP contribution < -0.4 is 5.32 Å². The van der Waals surface area contributed by atoms with Crippen LogP contribution in [-0.4, -0.2) is 29.8 Å². The molecule has 1 rings (SSSR count). The fraction of sp³-hybridized carbons (Fsp3) is 0.688. The van der Waals surface area contributed by atoms with E-state index in [9.17, 15) is 0 Å². The summed E-state index contributed by atoms with van der Waals surface area (Å²) in [6.07, 6.45) is 2.00. The van der Waals surface area contributed by atoms with Crippen LogP contribution >= 0.6 is 0 Å². The van der Waals surface area contributed by atoms with Crippen LogP contribution in [0.5, 0.6) is 0 Å². The van der Waals surface area contributed by atoms with Crippen molar-refractivity contribution < 1.29 is 9.47 Å². The van der Waals surface area contributed by atoms with Gasteiger partial charge in [0.15, 0.2) is 0 Å². The van der Waals surface area contributed by atoms with Crippen molar-refractivity contribution in [3.63, 3.8) is 0 Å².